The maximum absolute atomic E-state index is 13.1. The van der Waals surface area contributed by atoms with Crippen LogP contribution in [0, 0.1) is 11.7 Å². The smallest absolute Gasteiger partial charge is 0.141 e. The van der Waals surface area contributed by atoms with E-state index in [2.05, 4.69) is 0 Å². The molecule has 2 N–H and O–H groups in total. The summed E-state index contributed by atoms with van der Waals surface area (Å²) in [5.41, 5.74) is 6.82. The average Bonchev–Trinajstić information content (AvgIpc) is 2.54. The quantitative estimate of drug-likeness (QED) is 0.837. The Bertz CT molecular complexity index is 419. The first-order valence-electron chi connectivity index (χ1n) is 6.69. The first kappa shape index (κ1) is 13.2. The van der Waals surface area contributed by atoms with Gasteiger partial charge in [0.05, 0.1) is 0 Å². The topological polar surface area (TPSA) is 43.1 Å². The minimum atomic E-state index is -0.287. The fraction of sp³-hybridized carbons (Fsp3) is 0.533. The molecule has 2 atom stereocenters. The largest absolute Gasteiger partial charge is 0.327 e. The number of ketones is 1. The molecule has 1 aromatic carbocycles. The Kier molecular flexibility index (Phi) is 4.48. The second kappa shape index (κ2) is 6.10. The molecule has 0 amide bonds. The fourth-order valence-corrected chi connectivity index (χ4v) is 2.72. The van der Waals surface area contributed by atoms with Crippen molar-refractivity contribution in [3.8, 4) is 0 Å². The molecule has 0 heterocycles. The number of hydrogen-bond donors (Lipinski definition) is 1. The van der Waals surface area contributed by atoms with Crippen LogP contribution in [0.2, 0.25) is 0 Å². The molecule has 2 nitrogen and oxygen atoms in total. The summed E-state index contributed by atoms with van der Waals surface area (Å²) in [7, 11) is 0. The van der Waals surface area contributed by atoms with E-state index in [1.165, 1.54) is 12.1 Å². The molecule has 98 valence electrons. The maximum atomic E-state index is 13.1. The third-order valence-electron chi connectivity index (χ3n) is 3.75. The van der Waals surface area contributed by atoms with Crippen molar-refractivity contribution in [1.29, 1.82) is 0 Å². The predicted molar refractivity (Wildman–Crippen MR) is 69.7 cm³/mol. The molecule has 0 aromatic heterocycles. The third kappa shape index (κ3) is 3.39. The minimum Gasteiger partial charge on any atom is -0.327 e. The number of nitrogens with two attached hydrogens (primary N) is 1. The molecule has 1 saturated carbocycles. The van der Waals surface area contributed by atoms with Crippen LogP contribution in [0.15, 0.2) is 24.3 Å². The monoisotopic (exact) mass is 249 g/mol. The number of carbonyl (C=O) groups excluding carboxylic acids is 1. The summed E-state index contributed by atoms with van der Waals surface area (Å²) in [5.74, 6) is -0.170. The Morgan fingerprint density at radius 1 is 1.28 bits per heavy atom. The van der Waals surface area contributed by atoms with Gasteiger partial charge in [-0.3, -0.25) is 4.79 Å². The van der Waals surface area contributed by atoms with E-state index in [9.17, 15) is 9.18 Å². The minimum absolute atomic E-state index is 0.0199. The highest BCUT2D eigenvalue weighted by Crippen LogP contribution is 2.24. The lowest BCUT2D eigenvalue weighted by Crippen LogP contribution is -2.35. The Morgan fingerprint density at radius 3 is 2.83 bits per heavy atom. The molecule has 1 aliphatic carbocycles. The average molecular weight is 249 g/mol. The summed E-state index contributed by atoms with van der Waals surface area (Å²) in [6, 6.07) is 6.24. The Hall–Kier alpha value is -1.22. The zero-order valence-corrected chi connectivity index (χ0v) is 10.6. The van der Waals surface area contributed by atoms with Crippen molar-refractivity contribution in [2.24, 2.45) is 11.7 Å². The van der Waals surface area contributed by atoms with Gasteiger partial charge in [0.15, 0.2) is 0 Å². The van der Waals surface area contributed by atoms with E-state index >= 15 is 0 Å². The Balaban J connectivity index is 2.02. The number of benzene rings is 1. The highest BCUT2D eigenvalue weighted by Gasteiger charge is 2.26. The van der Waals surface area contributed by atoms with Crippen molar-refractivity contribution in [1.82, 2.24) is 0 Å². The van der Waals surface area contributed by atoms with Gasteiger partial charge in [-0.25, -0.2) is 4.39 Å². The van der Waals surface area contributed by atoms with Crippen LogP contribution in [0.1, 0.15) is 37.7 Å². The van der Waals surface area contributed by atoms with Crippen molar-refractivity contribution in [3.05, 3.63) is 35.6 Å². The van der Waals surface area contributed by atoms with Gasteiger partial charge in [-0.05, 0) is 30.5 Å². The zero-order valence-electron chi connectivity index (χ0n) is 10.6. The molecule has 1 aromatic rings. The lowest BCUT2D eigenvalue weighted by molar-refractivity contribution is -0.123. The van der Waals surface area contributed by atoms with Gasteiger partial charge < -0.3 is 5.73 Å². The van der Waals surface area contributed by atoms with Crippen LogP contribution in [0.5, 0.6) is 0 Å². The van der Waals surface area contributed by atoms with Gasteiger partial charge in [0, 0.05) is 18.4 Å². The van der Waals surface area contributed by atoms with E-state index in [4.69, 9.17) is 5.73 Å². The molecular formula is C15H20FNO. The molecule has 3 heteroatoms. The van der Waals surface area contributed by atoms with Crippen molar-refractivity contribution in [2.75, 3.05) is 0 Å². The van der Waals surface area contributed by atoms with E-state index in [0.29, 0.717) is 6.42 Å². The van der Waals surface area contributed by atoms with Crippen molar-refractivity contribution in [3.63, 3.8) is 0 Å². The summed E-state index contributed by atoms with van der Waals surface area (Å²) < 4.78 is 13.1. The number of carbonyl (C=O) groups is 1. The molecular weight excluding hydrogens is 229 g/mol. The molecule has 1 fully saturated rings. The second-order valence-corrected chi connectivity index (χ2v) is 5.18. The van der Waals surface area contributed by atoms with Crippen LogP contribution < -0.4 is 5.73 Å². The maximum Gasteiger partial charge on any atom is 0.141 e. The predicted octanol–water partition coefficient (Wildman–Crippen LogP) is 2.84. The van der Waals surface area contributed by atoms with Crippen LogP contribution in [0.25, 0.3) is 0 Å². The number of rotatable bonds is 3. The van der Waals surface area contributed by atoms with Gasteiger partial charge in [0.2, 0.25) is 0 Å². The molecule has 2 unspecified atom stereocenters. The zero-order chi connectivity index (χ0) is 13.0. The van der Waals surface area contributed by atoms with E-state index < -0.39 is 0 Å². The normalized spacial score (nSPS) is 24.6. The lowest BCUT2D eigenvalue weighted by atomic mass is 9.88. The van der Waals surface area contributed by atoms with Crippen LogP contribution in [-0.4, -0.2) is 11.8 Å². The summed E-state index contributed by atoms with van der Waals surface area (Å²) in [6.07, 6.45) is 5.47. The highest BCUT2D eigenvalue weighted by atomic mass is 19.1. The molecule has 1 aliphatic rings. The third-order valence-corrected chi connectivity index (χ3v) is 3.75. The fourth-order valence-electron chi connectivity index (χ4n) is 2.72. The van der Waals surface area contributed by atoms with Gasteiger partial charge in [0.25, 0.3) is 0 Å². The second-order valence-electron chi connectivity index (χ2n) is 5.18. The first-order valence-corrected chi connectivity index (χ1v) is 6.69. The standard InChI is InChI=1S/C15H20FNO/c16-12-6-4-5-11(9-12)10-15(18)13-7-2-1-3-8-14(13)17/h4-6,9,13-14H,1-3,7-8,10,17H2. The summed E-state index contributed by atoms with van der Waals surface area (Å²) in [5, 5.41) is 0. The first-order chi connectivity index (χ1) is 8.66. The van der Waals surface area contributed by atoms with Gasteiger partial charge in [0.1, 0.15) is 11.6 Å². The number of hydrogen-bond acceptors (Lipinski definition) is 2. The van der Waals surface area contributed by atoms with E-state index in [1.807, 2.05) is 0 Å². The van der Waals surface area contributed by atoms with Crippen LogP contribution in [0.3, 0.4) is 0 Å². The Morgan fingerprint density at radius 2 is 2.06 bits per heavy atom. The van der Waals surface area contributed by atoms with Crippen LogP contribution in [-0.2, 0) is 11.2 Å². The summed E-state index contributed by atoms with van der Waals surface area (Å²) in [4.78, 5) is 12.2. The lowest BCUT2D eigenvalue weighted by Gasteiger charge is -2.19. The molecule has 0 aliphatic heterocycles. The molecule has 2 rings (SSSR count). The number of Topliss-reactive ketones (excluding diaryl/α,β-unsaturated/α-hetero) is 1. The van der Waals surface area contributed by atoms with Crippen LogP contribution >= 0.6 is 0 Å². The van der Waals surface area contributed by atoms with E-state index in [0.717, 1.165) is 37.7 Å². The molecule has 18 heavy (non-hydrogen) atoms. The molecule has 0 spiro atoms. The van der Waals surface area contributed by atoms with Gasteiger partial charge in [-0.1, -0.05) is 31.4 Å². The van der Waals surface area contributed by atoms with Crippen LogP contribution in [0.4, 0.5) is 4.39 Å². The molecule has 0 saturated heterocycles. The van der Waals surface area contributed by atoms with Gasteiger partial charge in [-0.15, -0.1) is 0 Å². The Labute approximate surface area is 107 Å². The highest BCUT2D eigenvalue weighted by molar-refractivity contribution is 5.83. The molecule has 0 bridgehead atoms. The summed E-state index contributed by atoms with van der Waals surface area (Å²) >= 11 is 0. The number of halogens is 1. The SMILES string of the molecule is NC1CCCCCC1C(=O)Cc1cccc(F)c1. The van der Waals surface area contributed by atoms with Crippen molar-refractivity contribution < 1.29 is 9.18 Å². The van der Waals surface area contributed by atoms with E-state index in [-0.39, 0.29) is 23.6 Å². The van der Waals surface area contributed by atoms with Gasteiger partial charge >= 0.3 is 0 Å². The van der Waals surface area contributed by atoms with Gasteiger partial charge in [-0.2, -0.15) is 0 Å². The summed E-state index contributed by atoms with van der Waals surface area (Å²) in [6.45, 7) is 0. The van der Waals surface area contributed by atoms with E-state index in [1.54, 1.807) is 12.1 Å². The van der Waals surface area contributed by atoms with Crippen molar-refractivity contribution >= 4 is 5.78 Å². The molecule has 0 radical (unpaired) electrons. The van der Waals surface area contributed by atoms with Crippen molar-refractivity contribution in [2.45, 2.75) is 44.6 Å².